The number of hydrogen-bond acceptors (Lipinski definition) is 13. The number of amides is 1. The van der Waals surface area contributed by atoms with Gasteiger partial charge in [0.15, 0.2) is 24.2 Å². The van der Waals surface area contributed by atoms with E-state index in [-0.39, 0.29) is 24.9 Å². The molecular weight excluding hydrogens is 534 g/mol. The van der Waals surface area contributed by atoms with Crippen LogP contribution in [0.3, 0.4) is 0 Å². The third-order valence-corrected chi connectivity index (χ3v) is 6.86. The highest BCUT2D eigenvalue weighted by molar-refractivity contribution is 5.90. The first-order valence-corrected chi connectivity index (χ1v) is 13.5. The normalized spacial score (nSPS) is 17.3. The van der Waals surface area contributed by atoms with Crippen LogP contribution >= 0.6 is 0 Å². The number of carbonyl (C=O) groups is 3. The summed E-state index contributed by atoms with van der Waals surface area (Å²) in [6.07, 6.45) is 1.34. The molecule has 0 radical (unpaired) electrons. The van der Waals surface area contributed by atoms with Crippen LogP contribution in [0.1, 0.15) is 19.8 Å². The zero-order valence-corrected chi connectivity index (χ0v) is 22.7. The minimum absolute atomic E-state index is 0.0363. The zero-order chi connectivity index (χ0) is 28.8. The summed E-state index contributed by atoms with van der Waals surface area (Å²) in [5.41, 5.74) is 12.9. The molecule has 1 amide bonds. The summed E-state index contributed by atoms with van der Waals surface area (Å²) < 4.78 is 17.1. The van der Waals surface area contributed by atoms with Gasteiger partial charge in [0.25, 0.3) is 5.91 Å². The number of cyclic esters (lactones) is 1. The quantitative estimate of drug-likeness (QED) is 0.213. The third-order valence-electron chi connectivity index (χ3n) is 6.86. The molecule has 4 N–H and O–H groups in total. The first kappa shape index (κ1) is 27.9. The summed E-state index contributed by atoms with van der Waals surface area (Å²) in [7, 11) is 0. The van der Waals surface area contributed by atoms with Gasteiger partial charge in [0.05, 0.1) is 24.7 Å². The molecule has 2 saturated heterocycles. The van der Waals surface area contributed by atoms with Gasteiger partial charge in [-0.3, -0.25) is 25.3 Å². The Hall–Kier alpha value is -4.66. The second-order valence-electron chi connectivity index (χ2n) is 9.58. The maximum absolute atomic E-state index is 12.3. The Kier molecular flexibility index (Phi) is 8.62. The maximum Gasteiger partial charge on any atom is 0.344 e. The van der Waals surface area contributed by atoms with Crippen molar-refractivity contribution in [3.05, 3.63) is 30.5 Å². The van der Waals surface area contributed by atoms with E-state index in [0.29, 0.717) is 42.2 Å². The van der Waals surface area contributed by atoms with Gasteiger partial charge in [-0.15, -0.1) is 0 Å². The van der Waals surface area contributed by atoms with E-state index < -0.39 is 18.0 Å². The lowest BCUT2D eigenvalue weighted by molar-refractivity contribution is -0.147. The molecule has 1 aromatic carbocycles. The number of hydrazine groups is 1. The van der Waals surface area contributed by atoms with Gasteiger partial charge in [-0.1, -0.05) is 0 Å². The summed E-state index contributed by atoms with van der Waals surface area (Å²) in [5.74, 6) is -0.282. The summed E-state index contributed by atoms with van der Waals surface area (Å²) in [5, 5.41) is 5.06. The number of esters is 2. The molecule has 2 aromatic heterocycles. The van der Waals surface area contributed by atoms with Crippen LogP contribution in [0.2, 0.25) is 0 Å². The van der Waals surface area contributed by atoms with Gasteiger partial charge in [-0.2, -0.15) is 15.1 Å². The van der Waals surface area contributed by atoms with Crippen molar-refractivity contribution in [2.24, 2.45) is 0 Å². The van der Waals surface area contributed by atoms with Gasteiger partial charge in [0.1, 0.15) is 5.75 Å². The van der Waals surface area contributed by atoms with Crippen molar-refractivity contribution in [2.45, 2.75) is 32.4 Å². The van der Waals surface area contributed by atoms with Crippen molar-refractivity contribution in [2.75, 3.05) is 62.0 Å². The van der Waals surface area contributed by atoms with Crippen LogP contribution in [0.25, 0.3) is 11.0 Å². The number of carbonyl (C=O) groups excluding carboxylic acids is 3. The Morgan fingerprint density at radius 2 is 1.90 bits per heavy atom. The first-order valence-electron chi connectivity index (χ1n) is 13.5. The number of piperazine rings is 1. The van der Waals surface area contributed by atoms with E-state index in [0.717, 1.165) is 38.4 Å². The van der Waals surface area contributed by atoms with E-state index in [9.17, 15) is 14.4 Å². The van der Waals surface area contributed by atoms with Crippen molar-refractivity contribution in [1.29, 1.82) is 0 Å². The van der Waals surface area contributed by atoms with Gasteiger partial charge in [0, 0.05) is 51.3 Å². The number of nitrogens with zero attached hydrogens (tertiary/aromatic N) is 6. The second-order valence-corrected chi connectivity index (χ2v) is 9.58. The van der Waals surface area contributed by atoms with E-state index in [1.807, 2.05) is 24.3 Å². The number of aromatic nitrogens is 4. The Morgan fingerprint density at radius 1 is 1.12 bits per heavy atom. The predicted molar refractivity (Wildman–Crippen MR) is 148 cm³/mol. The molecule has 0 bridgehead atoms. The first-order chi connectivity index (χ1) is 19.9. The number of rotatable bonds is 11. The average Bonchev–Trinajstić information content (AvgIpc) is 3.60. The number of nitrogen functional groups attached to an aromatic ring is 1. The molecule has 2 aliphatic heterocycles. The van der Waals surface area contributed by atoms with E-state index in [2.05, 4.69) is 35.7 Å². The Labute approximate surface area is 235 Å². The lowest BCUT2D eigenvalue weighted by atomic mass is 10.2. The molecule has 4 heterocycles. The summed E-state index contributed by atoms with van der Waals surface area (Å²) in [6, 6.07) is 7.69. The largest absolute Gasteiger partial charge is 0.482 e. The van der Waals surface area contributed by atoms with Crippen molar-refractivity contribution in [3.63, 3.8) is 0 Å². The number of fused-ring (bicyclic) bond motifs is 1. The minimum Gasteiger partial charge on any atom is -0.482 e. The van der Waals surface area contributed by atoms with Crippen molar-refractivity contribution >= 4 is 46.3 Å². The number of nitrogens with two attached hydrogens (primary N) is 1. The van der Waals surface area contributed by atoms with Crippen molar-refractivity contribution < 1.29 is 28.6 Å². The average molecular weight is 568 g/mol. The predicted octanol–water partition coefficient (Wildman–Crippen LogP) is 0.321. The Bertz CT molecular complexity index is 1390. The van der Waals surface area contributed by atoms with Gasteiger partial charge in [-0.25, -0.2) is 9.48 Å². The lowest BCUT2D eigenvalue weighted by Gasteiger charge is -2.36. The molecule has 0 aliphatic carbocycles. The second kappa shape index (κ2) is 12.7. The standard InChI is InChI=1S/C26H33N9O6/c1-2-39-22(37)16-40-18-5-3-17(4-6-18)34-12-9-33(10-13-34)11-14-35-24-19(15-28-35)23(29-26(27)30-24)31-32-25(38)20-7-8-21(36)41-20/h3-6,15,20H,2,7-14,16H2,1H3,(H,32,38)(H3,27,29,30,31)/t20-/m0/s1. The molecule has 2 aliphatic rings. The summed E-state index contributed by atoms with van der Waals surface area (Å²) in [6.45, 7) is 6.82. The number of nitrogens with one attached hydrogen (secondary N) is 2. The molecule has 3 aromatic rings. The fourth-order valence-corrected chi connectivity index (χ4v) is 4.71. The molecule has 2 fully saturated rings. The van der Waals surface area contributed by atoms with Gasteiger partial charge in [0.2, 0.25) is 5.95 Å². The molecule has 0 unspecified atom stereocenters. The Morgan fingerprint density at radius 3 is 2.61 bits per heavy atom. The molecule has 1 atom stereocenters. The van der Waals surface area contributed by atoms with E-state index in [4.69, 9.17) is 19.9 Å². The van der Waals surface area contributed by atoms with Crippen molar-refractivity contribution in [3.8, 4) is 5.75 Å². The molecule has 5 rings (SSSR count). The lowest BCUT2D eigenvalue weighted by Crippen LogP contribution is -2.47. The topological polar surface area (TPSA) is 179 Å². The molecular formula is C26H33N9O6. The smallest absolute Gasteiger partial charge is 0.344 e. The number of ether oxygens (including phenoxy) is 3. The zero-order valence-electron chi connectivity index (χ0n) is 22.7. The van der Waals surface area contributed by atoms with Crippen LogP contribution in [-0.4, -0.2) is 94.5 Å². The van der Waals surface area contributed by atoms with Crippen molar-refractivity contribution in [1.82, 2.24) is 30.1 Å². The Balaban J connectivity index is 1.11. The van der Waals surface area contributed by atoms with Crippen LogP contribution in [0, 0.1) is 0 Å². The van der Waals surface area contributed by atoms with Gasteiger partial charge >= 0.3 is 11.9 Å². The number of hydrogen-bond donors (Lipinski definition) is 3. The van der Waals surface area contributed by atoms with Gasteiger partial charge in [-0.05, 0) is 31.2 Å². The fourth-order valence-electron chi connectivity index (χ4n) is 4.71. The van der Waals surface area contributed by atoms with Crippen LogP contribution in [0.15, 0.2) is 30.5 Å². The minimum atomic E-state index is -0.830. The van der Waals surface area contributed by atoms with Crippen LogP contribution in [0.5, 0.6) is 5.75 Å². The van der Waals surface area contributed by atoms with Crippen LogP contribution in [-0.2, 0) is 30.4 Å². The number of benzene rings is 1. The molecule has 218 valence electrons. The van der Waals surface area contributed by atoms with Crippen LogP contribution < -0.4 is 26.2 Å². The highest BCUT2D eigenvalue weighted by Gasteiger charge is 2.30. The molecule has 41 heavy (non-hydrogen) atoms. The molecule has 0 spiro atoms. The van der Waals surface area contributed by atoms with E-state index in [1.165, 1.54) is 0 Å². The SMILES string of the molecule is CCOC(=O)COc1ccc(N2CCN(CCn3ncc4c(NNC(=O)[C@@H]5CCC(=O)O5)nc(N)nc43)CC2)cc1. The van der Waals surface area contributed by atoms with Gasteiger partial charge < -0.3 is 24.8 Å². The molecule has 0 saturated carbocycles. The maximum atomic E-state index is 12.3. The number of anilines is 3. The fraction of sp³-hybridized carbons (Fsp3) is 0.462. The molecule has 15 nitrogen and oxygen atoms in total. The van der Waals surface area contributed by atoms with Crippen LogP contribution in [0.4, 0.5) is 17.5 Å². The monoisotopic (exact) mass is 567 g/mol. The van der Waals surface area contributed by atoms with E-state index >= 15 is 0 Å². The summed E-state index contributed by atoms with van der Waals surface area (Å²) in [4.78, 5) is 48.2. The van der Waals surface area contributed by atoms with E-state index in [1.54, 1.807) is 17.8 Å². The summed E-state index contributed by atoms with van der Waals surface area (Å²) >= 11 is 0. The third kappa shape index (κ3) is 6.92. The highest BCUT2D eigenvalue weighted by Crippen LogP contribution is 2.23. The highest BCUT2D eigenvalue weighted by atomic mass is 16.6. The molecule has 15 heteroatoms.